The predicted molar refractivity (Wildman–Crippen MR) is 53.9 cm³/mol. The molecule has 5 nitrogen and oxygen atoms in total. The fourth-order valence-corrected chi connectivity index (χ4v) is 1.27. The van der Waals surface area contributed by atoms with E-state index in [-0.39, 0.29) is 5.91 Å². The summed E-state index contributed by atoms with van der Waals surface area (Å²) in [5, 5.41) is 2.87. The molecule has 1 rings (SSSR count). The van der Waals surface area contributed by atoms with Gasteiger partial charge in [-0.05, 0) is 14.1 Å². The molecule has 0 aromatic rings. The second-order valence-corrected chi connectivity index (χ2v) is 4.04. The van der Waals surface area contributed by atoms with Gasteiger partial charge in [0.05, 0.1) is 13.2 Å². The van der Waals surface area contributed by atoms with Crippen molar-refractivity contribution >= 4 is 5.91 Å². The number of hydrogen-bond donors (Lipinski definition) is 2. The summed E-state index contributed by atoms with van der Waals surface area (Å²) in [5.41, 5.74) is 5.10. The molecule has 0 saturated carbocycles. The van der Waals surface area contributed by atoms with E-state index in [0.29, 0.717) is 26.3 Å². The average molecular weight is 201 g/mol. The fourth-order valence-electron chi connectivity index (χ4n) is 1.27. The second kappa shape index (κ2) is 4.72. The smallest absolute Gasteiger partial charge is 0.232 e. The molecule has 1 saturated heterocycles. The van der Waals surface area contributed by atoms with Gasteiger partial charge in [0.2, 0.25) is 5.91 Å². The number of carbonyl (C=O) groups excluding carboxylic acids is 1. The minimum atomic E-state index is -0.452. The number of likely N-dealkylation sites (N-methyl/N-ethyl adjacent to an activating group) is 1. The lowest BCUT2D eigenvalue weighted by Crippen LogP contribution is -2.58. The molecule has 1 fully saturated rings. The maximum atomic E-state index is 11.7. The molecule has 1 aliphatic heterocycles. The summed E-state index contributed by atoms with van der Waals surface area (Å²) >= 11 is 0. The fraction of sp³-hybridized carbons (Fsp3) is 0.889. The molecule has 0 aliphatic carbocycles. The molecule has 0 bridgehead atoms. The Morgan fingerprint density at radius 3 is 2.57 bits per heavy atom. The van der Waals surface area contributed by atoms with Crippen LogP contribution in [-0.4, -0.2) is 57.8 Å². The molecule has 1 heterocycles. The maximum absolute atomic E-state index is 11.7. The first kappa shape index (κ1) is 11.4. The minimum Gasteiger partial charge on any atom is -0.379 e. The number of nitrogens with one attached hydrogen (secondary N) is 1. The molecule has 1 amide bonds. The first-order valence-electron chi connectivity index (χ1n) is 4.81. The Bertz CT molecular complexity index is 197. The van der Waals surface area contributed by atoms with Gasteiger partial charge in [-0.2, -0.15) is 0 Å². The Hall–Kier alpha value is -0.650. The Kier molecular flexibility index (Phi) is 3.86. The molecule has 0 radical (unpaired) electrons. The SMILES string of the molecule is CN(C)CCNC(=O)C1(CN)COC1. The van der Waals surface area contributed by atoms with E-state index < -0.39 is 5.41 Å². The van der Waals surface area contributed by atoms with Crippen LogP contribution in [0.3, 0.4) is 0 Å². The summed E-state index contributed by atoms with van der Waals surface area (Å²) in [5.74, 6) is 0.0214. The molecule has 82 valence electrons. The maximum Gasteiger partial charge on any atom is 0.232 e. The van der Waals surface area contributed by atoms with Crippen molar-refractivity contribution in [3.05, 3.63) is 0 Å². The van der Waals surface area contributed by atoms with Crippen LogP contribution in [0, 0.1) is 5.41 Å². The average Bonchev–Trinajstić information content (AvgIpc) is 2.02. The molecular formula is C9H19N3O2. The highest BCUT2D eigenvalue weighted by molar-refractivity contribution is 5.84. The number of nitrogens with zero attached hydrogens (tertiary/aromatic N) is 1. The third-order valence-corrected chi connectivity index (χ3v) is 2.47. The van der Waals surface area contributed by atoms with Crippen LogP contribution in [0.15, 0.2) is 0 Å². The normalized spacial score (nSPS) is 19.1. The number of ether oxygens (including phenoxy) is 1. The number of rotatable bonds is 5. The third-order valence-electron chi connectivity index (χ3n) is 2.47. The first-order chi connectivity index (χ1) is 6.60. The minimum absolute atomic E-state index is 0.0214. The van der Waals surface area contributed by atoms with Gasteiger partial charge in [0.25, 0.3) is 0 Å². The molecule has 0 unspecified atom stereocenters. The van der Waals surface area contributed by atoms with E-state index in [1.54, 1.807) is 0 Å². The number of nitrogens with two attached hydrogens (primary N) is 1. The van der Waals surface area contributed by atoms with E-state index in [4.69, 9.17) is 10.5 Å². The van der Waals surface area contributed by atoms with Crippen LogP contribution in [0.5, 0.6) is 0 Å². The summed E-state index contributed by atoms with van der Waals surface area (Å²) < 4.78 is 5.03. The van der Waals surface area contributed by atoms with Gasteiger partial charge in [0.15, 0.2) is 0 Å². The summed E-state index contributed by atoms with van der Waals surface area (Å²) in [4.78, 5) is 13.7. The van der Waals surface area contributed by atoms with Gasteiger partial charge in [0, 0.05) is 19.6 Å². The number of amides is 1. The Morgan fingerprint density at radius 2 is 2.21 bits per heavy atom. The van der Waals surface area contributed by atoms with E-state index >= 15 is 0 Å². The molecule has 0 aromatic carbocycles. The van der Waals surface area contributed by atoms with Crippen molar-refractivity contribution in [1.82, 2.24) is 10.2 Å². The van der Waals surface area contributed by atoms with Crippen molar-refractivity contribution in [2.24, 2.45) is 11.1 Å². The van der Waals surface area contributed by atoms with Crippen LogP contribution in [-0.2, 0) is 9.53 Å². The zero-order valence-electron chi connectivity index (χ0n) is 8.88. The monoisotopic (exact) mass is 201 g/mol. The lowest BCUT2D eigenvalue weighted by molar-refractivity contribution is -0.159. The van der Waals surface area contributed by atoms with Crippen LogP contribution in [0.4, 0.5) is 0 Å². The quantitative estimate of drug-likeness (QED) is 0.576. The predicted octanol–water partition coefficient (Wildman–Crippen LogP) is -1.36. The Morgan fingerprint density at radius 1 is 1.57 bits per heavy atom. The van der Waals surface area contributed by atoms with Gasteiger partial charge in [-0.1, -0.05) is 0 Å². The van der Waals surface area contributed by atoms with Crippen LogP contribution >= 0.6 is 0 Å². The van der Waals surface area contributed by atoms with Crippen LogP contribution < -0.4 is 11.1 Å². The highest BCUT2D eigenvalue weighted by atomic mass is 16.5. The first-order valence-corrected chi connectivity index (χ1v) is 4.81. The number of hydrogen-bond acceptors (Lipinski definition) is 4. The zero-order valence-corrected chi connectivity index (χ0v) is 8.88. The van der Waals surface area contributed by atoms with Gasteiger partial charge in [0.1, 0.15) is 5.41 Å². The van der Waals surface area contributed by atoms with Crippen molar-refractivity contribution in [2.45, 2.75) is 0 Å². The zero-order chi connectivity index (χ0) is 10.6. The van der Waals surface area contributed by atoms with E-state index in [9.17, 15) is 4.79 Å². The topological polar surface area (TPSA) is 67.6 Å². The molecule has 0 aromatic heterocycles. The summed E-state index contributed by atoms with van der Waals surface area (Å²) in [7, 11) is 3.94. The van der Waals surface area contributed by atoms with Gasteiger partial charge in [-0.3, -0.25) is 4.79 Å². The summed E-state index contributed by atoms with van der Waals surface area (Å²) in [6.45, 7) is 2.77. The van der Waals surface area contributed by atoms with Crippen molar-refractivity contribution in [3.8, 4) is 0 Å². The van der Waals surface area contributed by atoms with Crippen LogP contribution in [0.2, 0.25) is 0 Å². The van der Waals surface area contributed by atoms with E-state index in [0.717, 1.165) is 6.54 Å². The lowest BCUT2D eigenvalue weighted by atomic mass is 9.85. The van der Waals surface area contributed by atoms with Crippen LogP contribution in [0.25, 0.3) is 0 Å². The molecule has 0 atom stereocenters. The largest absolute Gasteiger partial charge is 0.379 e. The second-order valence-electron chi connectivity index (χ2n) is 4.04. The van der Waals surface area contributed by atoms with Crippen molar-refractivity contribution in [3.63, 3.8) is 0 Å². The number of carbonyl (C=O) groups is 1. The van der Waals surface area contributed by atoms with Crippen molar-refractivity contribution < 1.29 is 9.53 Å². The molecule has 1 aliphatic rings. The summed E-state index contributed by atoms with van der Waals surface area (Å²) in [6, 6.07) is 0. The molecule has 0 spiro atoms. The van der Waals surface area contributed by atoms with Gasteiger partial charge in [-0.15, -0.1) is 0 Å². The highest BCUT2D eigenvalue weighted by Crippen LogP contribution is 2.25. The molecule has 3 N–H and O–H groups in total. The molecular weight excluding hydrogens is 182 g/mol. The van der Waals surface area contributed by atoms with E-state index in [2.05, 4.69) is 5.32 Å². The van der Waals surface area contributed by atoms with Gasteiger partial charge < -0.3 is 20.7 Å². The van der Waals surface area contributed by atoms with E-state index in [1.807, 2.05) is 19.0 Å². The standard InChI is InChI=1S/C9H19N3O2/c1-12(2)4-3-11-8(13)9(5-10)6-14-7-9/h3-7,10H2,1-2H3,(H,11,13). The molecule has 14 heavy (non-hydrogen) atoms. The van der Waals surface area contributed by atoms with Crippen molar-refractivity contribution in [1.29, 1.82) is 0 Å². The van der Waals surface area contributed by atoms with Crippen molar-refractivity contribution in [2.75, 3.05) is 46.9 Å². The molecule has 5 heteroatoms. The van der Waals surface area contributed by atoms with Gasteiger partial charge >= 0.3 is 0 Å². The third kappa shape index (κ3) is 2.43. The van der Waals surface area contributed by atoms with Gasteiger partial charge in [-0.25, -0.2) is 0 Å². The van der Waals surface area contributed by atoms with Crippen LogP contribution in [0.1, 0.15) is 0 Å². The lowest BCUT2D eigenvalue weighted by Gasteiger charge is -2.38. The highest BCUT2D eigenvalue weighted by Gasteiger charge is 2.44. The Balaban J connectivity index is 2.27. The summed E-state index contributed by atoms with van der Waals surface area (Å²) in [6.07, 6.45) is 0. The van der Waals surface area contributed by atoms with E-state index in [1.165, 1.54) is 0 Å². The Labute approximate surface area is 84.6 Å².